The van der Waals surface area contributed by atoms with Crippen molar-refractivity contribution in [2.24, 2.45) is 5.92 Å². The Bertz CT molecular complexity index is 336. The Labute approximate surface area is 106 Å². The maximum Gasteiger partial charge on any atom is 0.0561 e. The van der Waals surface area contributed by atoms with Gasteiger partial charge in [0.15, 0.2) is 0 Å². The highest BCUT2D eigenvalue weighted by Gasteiger charge is 2.31. The normalized spacial score (nSPS) is 17.4. The summed E-state index contributed by atoms with van der Waals surface area (Å²) in [6, 6.07) is 4.66. The summed E-state index contributed by atoms with van der Waals surface area (Å²) in [4.78, 5) is 4.45. The molecule has 1 N–H and O–H groups in total. The third-order valence-corrected chi connectivity index (χ3v) is 3.82. The van der Waals surface area contributed by atoms with E-state index >= 15 is 0 Å². The fourth-order valence-corrected chi connectivity index (χ4v) is 2.43. The molecule has 0 aromatic carbocycles. The molecule has 2 nitrogen and oxygen atoms in total. The lowest BCUT2D eigenvalue weighted by molar-refractivity contribution is 0.455. The largest absolute Gasteiger partial charge is 0.313 e. The summed E-state index contributed by atoms with van der Waals surface area (Å²) in [6.07, 6.45) is 6.89. The predicted octanol–water partition coefficient (Wildman–Crippen LogP) is 3.16. The van der Waals surface area contributed by atoms with Crippen LogP contribution < -0.4 is 5.32 Å². The van der Waals surface area contributed by atoms with Gasteiger partial charge in [-0.1, -0.05) is 6.92 Å². The van der Waals surface area contributed by atoms with Gasteiger partial charge in [0.1, 0.15) is 0 Å². The van der Waals surface area contributed by atoms with E-state index in [9.17, 15) is 0 Å². The van der Waals surface area contributed by atoms with E-state index in [4.69, 9.17) is 0 Å². The molecule has 3 heteroatoms. The average molecular weight is 283 g/mol. The molecule has 0 aliphatic heterocycles. The second-order valence-corrected chi connectivity index (χ2v) is 5.39. The minimum absolute atomic E-state index is 0.617. The maximum absolute atomic E-state index is 4.45. The van der Waals surface area contributed by atoms with Crippen molar-refractivity contribution in [1.82, 2.24) is 10.3 Å². The fraction of sp³-hybridized carbons (Fsp3) is 0.615. The summed E-state index contributed by atoms with van der Waals surface area (Å²) in [5.41, 5.74) is 1.18. The van der Waals surface area contributed by atoms with Gasteiger partial charge in [-0.3, -0.25) is 4.98 Å². The van der Waals surface area contributed by atoms with Crippen molar-refractivity contribution in [1.29, 1.82) is 0 Å². The average Bonchev–Trinajstić information content (AvgIpc) is 3.10. The van der Waals surface area contributed by atoms with E-state index in [2.05, 4.69) is 39.2 Å². The highest BCUT2D eigenvalue weighted by atomic mass is 79.9. The summed E-state index contributed by atoms with van der Waals surface area (Å²) in [7, 11) is 0. The highest BCUT2D eigenvalue weighted by molar-refractivity contribution is 9.10. The Morgan fingerprint density at radius 1 is 1.56 bits per heavy atom. The fourth-order valence-electron chi connectivity index (χ4n) is 2.01. The van der Waals surface area contributed by atoms with Gasteiger partial charge in [-0.05, 0) is 59.8 Å². The van der Waals surface area contributed by atoms with Crippen LogP contribution >= 0.6 is 15.9 Å². The molecule has 0 spiro atoms. The zero-order chi connectivity index (χ0) is 11.4. The van der Waals surface area contributed by atoms with E-state index in [-0.39, 0.29) is 0 Å². The van der Waals surface area contributed by atoms with Gasteiger partial charge in [0, 0.05) is 23.1 Å². The molecule has 1 unspecified atom stereocenters. The maximum atomic E-state index is 4.45. The molecule has 1 aromatic rings. The molecule has 1 atom stereocenters. The molecule has 2 rings (SSSR count). The number of hydrogen-bond donors (Lipinski definition) is 1. The van der Waals surface area contributed by atoms with E-state index < -0.39 is 0 Å². The van der Waals surface area contributed by atoms with Crippen molar-refractivity contribution in [2.45, 2.75) is 38.6 Å². The van der Waals surface area contributed by atoms with Crippen LogP contribution in [0.15, 0.2) is 22.8 Å². The third-order valence-electron chi connectivity index (χ3n) is 3.10. The number of halogens is 1. The molecule has 1 heterocycles. The summed E-state index contributed by atoms with van der Waals surface area (Å²) in [5, 5.41) is 3.65. The minimum atomic E-state index is 0.617. The van der Waals surface area contributed by atoms with Gasteiger partial charge in [-0.2, -0.15) is 0 Å². The van der Waals surface area contributed by atoms with Crippen LogP contribution in [-0.2, 0) is 6.42 Å². The first kappa shape index (κ1) is 12.1. The van der Waals surface area contributed by atoms with Crippen LogP contribution in [0.5, 0.6) is 0 Å². The molecule has 88 valence electrons. The van der Waals surface area contributed by atoms with Crippen LogP contribution in [0.3, 0.4) is 0 Å². The predicted molar refractivity (Wildman–Crippen MR) is 70.4 cm³/mol. The molecular weight excluding hydrogens is 264 g/mol. The second kappa shape index (κ2) is 5.78. The van der Waals surface area contributed by atoms with E-state index in [1.165, 1.54) is 25.0 Å². The van der Waals surface area contributed by atoms with E-state index in [0.29, 0.717) is 6.04 Å². The molecule has 0 amide bonds. The highest BCUT2D eigenvalue weighted by Crippen LogP contribution is 2.34. The van der Waals surface area contributed by atoms with Gasteiger partial charge in [0.05, 0.1) is 5.69 Å². The Balaban J connectivity index is 1.97. The molecule has 0 saturated heterocycles. The monoisotopic (exact) mass is 282 g/mol. The Morgan fingerprint density at radius 3 is 3.00 bits per heavy atom. The summed E-state index contributed by atoms with van der Waals surface area (Å²) in [5.74, 6) is 0.875. The van der Waals surface area contributed by atoms with Gasteiger partial charge < -0.3 is 5.32 Å². The zero-order valence-electron chi connectivity index (χ0n) is 9.75. The van der Waals surface area contributed by atoms with Crippen molar-refractivity contribution in [3.63, 3.8) is 0 Å². The smallest absolute Gasteiger partial charge is 0.0561 e. The van der Waals surface area contributed by atoms with Gasteiger partial charge in [-0.15, -0.1) is 0 Å². The molecule has 16 heavy (non-hydrogen) atoms. The SMILES string of the molecule is CCCNC(Cc1ncccc1Br)C1CC1. The van der Waals surface area contributed by atoms with E-state index in [0.717, 1.165) is 23.4 Å². The number of nitrogens with one attached hydrogen (secondary N) is 1. The molecule has 1 aromatic heterocycles. The van der Waals surface area contributed by atoms with Crippen molar-refractivity contribution in [2.75, 3.05) is 6.54 Å². The van der Waals surface area contributed by atoms with E-state index in [1.807, 2.05) is 12.3 Å². The van der Waals surface area contributed by atoms with Crippen LogP contribution in [0.25, 0.3) is 0 Å². The summed E-state index contributed by atoms with van der Waals surface area (Å²) < 4.78 is 1.14. The molecule has 1 aliphatic rings. The van der Waals surface area contributed by atoms with Crippen LogP contribution in [0.4, 0.5) is 0 Å². The molecule has 1 fully saturated rings. The number of nitrogens with zero attached hydrogens (tertiary/aromatic N) is 1. The van der Waals surface area contributed by atoms with Crippen LogP contribution in [0.1, 0.15) is 31.9 Å². The molecular formula is C13H19BrN2. The number of rotatable bonds is 6. The third kappa shape index (κ3) is 3.29. The Hall–Kier alpha value is -0.410. The quantitative estimate of drug-likeness (QED) is 0.867. The van der Waals surface area contributed by atoms with Crippen molar-refractivity contribution in [3.8, 4) is 0 Å². The Morgan fingerprint density at radius 2 is 2.38 bits per heavy atom. The van der Waals surface area contributed by atoms with E-state index in [1.54, 1.807) is 0 Å². The lowest BCUT2D eigenvalue weighted by Gasteiger charge is -2.18. The van der Waals surface area contributed by atoms with Crippen LogP contribution in [0.2, 0.25) is 0 Å². The van der Waals surface area contributed by atoms with Crippen molar-refractivity contribution >= 4 is 15.9 Å². The second-order valence-electron chi connectivity index (χ2n) is 4.53. The van der Waals surface area contributed by atoms with Gasteiger partial charge >= 0.3 is 0 Å². The first-order valence-electron chi connectivity index (χ1n) is 6.14. The summed E-state index contributed by atoms with van der Waals surface area (Å²) >= 11 is 3.57. The van der Waals surface area contributed by atoms with Crippen molar-refractivity contribution in [3.05, 3.63) is 28.5 Å². The van der Waals surface area contributed by atoms with Gasteiger partial charge in [0.25, 0.3) is 0 Å². The van der Waals surface area contributed by atoms with Crippen molar-refractivity contribution < 1.29 is 0 Å². The standard InChI is InChI=1S/C13H19BrN2/c1-2-7-15-12(10-5-6-10)9-13-11(14)4-3-8-16-13/h3-4,8,10,12,15H,2,5-7,9H2,1H3. The lowest BCUT2D eigenvalue weighted by Crippen LogP contribution is -2.34. The number of pyridine rings is 1. The van der Waals surface area contributed by atoms with Crippen LogP contribution in [0, 0.1) is 5.92 Å². The molecule has 0 radical (unpaired) electrons. The number of aromatic nitrogens is 1. The molecule has 0 bridgehead atoms. The molecule has 1 saturated carbocycles. The zero-order valence-corrected chi connectivity index (χ0v) is 11.3. The van der Waals surface area contributed by atoms with Gasteiger partial charge in [0.2, 0.25) is 0 Å². The topological polar surface area (TPSA) is 24.9 Å². The first-order chi connectivity index (χ1) is 7.81. The summed E-state index contributed by atoms with van der Waals surface area (Å²) in [6.45, 7) is 3.33. The van der Waals surface area contributed by atoms with Crippen LogP contribution in [-0.4, -0.2) is 17.6 Å². The Kier molecular flexibility index (Phi) is 4.36. The lowest BCUT2D eigenvalue weighted by atomic mass is 10.1. The number of hydrogen-bond acceptors (Lipinski definition) is 2. The minimum Gasteiger partial charge on any atom is -0.313 e. The first-order valence-corrected chi connectivity index (χ1v) is 6.93. The molecule has 1 aliphatic carbocycles. The van der Waals surface area contributed by atoms with Gasteiger partial charge in [-0.25, -0.2) is 0 Å².